The van der Waals surface area contributed by atoms with E-state index in [1.807, 2.05) is 6.08 Å². The Balaban J connectivity index is 2.11. The number of allylic oxidation sites excluding steroid dienone is 12. The molecule has 0 heterocycles. The van der Waals surface area contributed by atoms with Gasteiger partial charge in [-0.15, -0.1) is 0 Å². The number of esters is 1. The largest absolute Gasteiger partial charge is 0.496 e. The van der Waals surface area contributed by atoms with E-state index in [-0.39, 0.29) is 5.97 Å². The summed E-state index contributed by atoms with van der Waals surface area (Å²) in [6.07, 6.45) is 32.8. The van der Waals surface area contributed by atoms with E-state index in [2.05, 4.69) is 73.8 Å². The highest BCUT2D eigenvalue weighted by molar-refractivity contribution is 5.72. The first-order chi connectivity index (χ1) is 16.7. The molecule has 0 radical (unpaired) electrons. The Morgan fingerprint density at radius 1 is 0.618 bits per heavy atom. The molecule has 0 aliphatic heterocycles. The van der Waals surface area contributed by atoms with Gasteiger partial charge in [0.15, 0.2) is 0 Å². The fourth-order valence-electron chi connectivity index (χ4n) is 2.86. The first kappa shape index (κ1) is 28.8. The summed E-state index contributed by atoms with van der Waals surface area (Å²) in [5.74, 6) is 1.30. The lowest BCUT2D eigenvalue weighted by Crippen LogP contribution is -2.07. The van der Waals surface area contributed by atoms with E-state index in [1.165, 1.54) is 0 Å². The van der Waals surface area contributed by atoms with Crippen molar-refractivity contribution >= 4 is 5.97 Å². The van der Waals surface area contributed by atoms with E-state index in [0.29, 0.717) is 30.1 Å². The Bertz CT molecular complexity index is 834. The minimum Gasteiger partial charge on any atom is -0.496 e. The quantitative estimate of drug-likeness (QED) is 0.133. The van der Waals surface area contributed by atoms with E-state index in [1.54, 1.807) is 32.4 Å². The Hall–Kier alpha value is -3.27. The summed E-state index contributed by atoms with van der Waals surface area (Å²) >= 11 is 0. The molecule has 34 heavy (non-hydrogen) atoms. The average Bonchev–Trinajstić information content (AvgIpc) is 2.85. The van der Waals surface area contributed by atoms with E-state index in [0.717, 1.165) is 38.5 Å². The number of carbonyl (C=O) groups is 1. The van der Waals surface area contributed by atoms with Crippen LogP contribution < -0.4 is 14.2 Å². The van der Waals surface area contributed by atoms with Gasteiger partial charge in [-0.2, -0.15) is 0 Å². The third kappa shape index (κ3) is 15.5. The first-order valence-electron chi connectivity index (χ1n) is 12.0. The Kier molecular flexibility index (Phi) is 17.2. The molecule has 0 saturated carbocycles. The fraction of sp³-hybridized carbons (Fsp3) is 0.367. The molecular formula is C30H40O4. The molecule has 0 amide bonds. The minimum absolute atomic E-state index is 0.283. The third-order valence-electron chi connectivity index (χ3n) is 4.67. The summed E-state index contributed by atoms with van der Waals surface area (Å²) in [5.41, 5.74) is 0. The molecule has 0 aliphatic rings. The summed E-state index contributed by atoms with van der Waals surface area (Å²) in [6, 6.07) is 5.06. The summed E-state index contributed by atoms with van der Waals surface area (Å²) in [6.45, 7) is 2.15. The highest BCUT2D eigenvalue weighted by atomic mass is 16.5. The number of rotatable bonds is 17. The van der Waals surface area contributed by atoms with E-state index >= 15 is 0 Å². The Morgan fingerprint density at radius 3 is 1.41 bits per heavy atom. The molecule has 0 spiro atoms. The zero-order valence-electron chi connectivity index (χ0n) is 21.0. The van der Waals surface area contributed by atoms with Gasteiger partial charge in [-0.1, -0.05) is 79.8 Å². The lowest BCUT2D eigenvalue weighted by molar-refractivity contribution is -0.134. The van der Waals surface area contributed by atoms with Crippen LogP contribution in [0.1, 0.15) is 58.3 Å². The van der Waals surface area contributed by atoms with Gasteiger partial charge in [-0.25, -0.2) is 0 Å². The maximum absolute atomic E-state index is 12.0. The average molecular weight is 465 g/mol. The van der Waals surface area contributed by atoms with Crippen molar-refractivity contribution in [2.24, 2.45) is 0 Å². The van der Waals surface area contributed by atoms with Crippen LogP contribution >= 0.6 is 0 Å². The SMILES string of the molecule is CC/C=C\C/C=C\C/C=C\C/C=C\C/C=C\C/C=C\CCC(=O)Oc1cc(OC)cc(OC)c1. The van der Waals surface area contributed by atoms with Crippen LogP contribution in [0.2, 0.25) is 0 Å². The molecule has 1 aromatic carbocycles. The van der Waals surface area contributed by atoms with Crippen molar-refractivity contribution < 1.29 is 19.0 Å². The predicted octanol–water partition coefficient (Wildman–Crippen LogP) is 8.09. The molecule has 0 unspecified atom stereocenters. The van der Waals surface area contributed by atoms with Gasteiger partial charge in [0.2, 0.25) is 0 Å². The monoisotopic (exact) mass is 464 g/mol. The van der Waals surface area contributed by atoms with Crippen LogP contribution in [0.15, 0.2) is 91.1 Å². The lowest BCUT2D eigenvalue weighted by atomic mass is 10.2. The van der Waals surface area contributed by atoms with Crippen molar-refractivity contribution in [3.05, 3.63) is 91.1 Å². The van der Waals surface area contributed by atoms with Crippen LogP contribution in [0.25, 0.3) is 0 Å². The van der Waals surface area contributed by atoms with Gasteiger partial charge in [0.05, 0.1) is 14.2 Å². The molecule has 0 saturated heterocycles. The summed E-state index contributed by atoms with van der Waals surface area (Å²) in [7, 11) is 3.12. The van der Waals surface area contributed by atoms with Gasteiger partial charge in [0, 0.05) is 24.6 Å². The van der Waals surface area contributed by atoms with Gasteiger partial charge >= 0.3 is 5.97 Å². The van der Waals surface area contributed by atoms with Crippen LogP contribution in [0.5, 0.6) is 17.2 Å². The highest BCUT2D eigenvalue weighted by Crippen LogP contribution is 2.27. The van der Waals surface area contributed by atoms with Gasteiger partial charge < -0.3 is 14.2 Å². The topological polar surface area (TPSA) is 44.8 Å². The molecule has 0 aromatic heterocycles. The number of benzene rings is 1. The van der Waals surface area contributed by atoms with Crippen LogP contribution in [0.4, 0.5) is 0 Å². The van der Waals surface area contributed by atoms with Gasteiger partial charge in [-0.3, -0.25) is 4.79 Å². The maximum Gasteiger partial charge on any atom is 0.311 e. The highest BCUT2D eigenvalue weighted by Gasteiger charge is 2.07. The summed E-state index contributed by atoms with van der Waals surface area (Å²) in [4.78, 5) is 12.0. The standard InChI is InChI=1S/C30H40O4/c1-4-5-6-7-8-9-10-11-12-13-14-15-16-17-18-19-20-21-22-23-30(31)34-29-25-27(32-2)24-28(26-29)33-3/h5-6,8-9,11-12,14-15,17-18,20-21,24-26H,4,7,10,13,16,19,22-23H2,1-3H3/b6-5-,9-8-,12-11-,15-14-,18-17-,21-20-. The van der Waals surface area contributed by atoms with E-state index in [4.69, 9.17) is 14.2 Å². The molecule has 0 bridgehead atoms. The van der Waals surface area contributed by atoms with E-state index < -0.39 is 0 Å². The Morgan fingerprint density at radius 2 is 1.00 bits per heavy atom. The number of carbonyl (C=O) groups excluding carboxylic acids is 1. The first-order valence-corrected chi connectivity index (χ1v) is 12.0. The van der Waals surface area contributed by atoms with Gasteiger partial charge in [0.25, 0.3) is 0 Å². The van der Waals surface area contributed by atoms with Gasteiger partial charge in [0.1, 0.15) is 17.2 Å². The van der Waals surface area contributed by atoms with Crippen molar-refractivity contribution in [3.8, 4) is 17.2 Å². The number of methoxy groups -OCH3 is 2. The minimum atomic E-state index is -0.283. The molecule has 4 nitrogen and oxygen atoms in total. The zero-order valence-corrected chi connectivity index (χ0v) is 21.0. The molecule has 1 rings (SSSR count). The molecule has 184 valence electrons. The molecule has 0 atom stereocenters. The van der Waals surface area contributed by atoms with Crippen LogP contribution in [-0.2, 0) is 4.79 Å². The van der Waals surface area contributed by atoms with Crippen molar-refractivity contribution in [3.63, 3.8) is 0 Å². The molecule has 0 aliphatic carbocycles. The second-order valence-corrected chi connectivity index (χ2v) is 7.48. The number of hydrogen-bond donors (Lipinski definition) is 0. The Labute approximate surface area is 206 Å². The van der Waals surface area contributed by atoms with Crippen LogP contribution in [0, 0.1) is 0 Å². The number of ether oxygens (including phenoxy) is 3. The fourth-order valence-corrected chi connectivity index (χ4v) is 2.86. The molecule has 0 fully saturated rings. The summed E-state index contributed by atoms with van der Waals surface area (Å²) in [5, 5.41) is 0. The normalized spacial score (nSPS) is 12.3. The second-order valence-electron chi connectivity index (χ2n) is 7.48. The number of hydrogen-bond acceptors (Lipinski definition) is 4. The zero-order chi connectivity index (χ0) is 24.7. The molecular weight excluding hydrogens is 424 g/mol. The lowest BCUT2D eigenvalue weighted by Gasteiger charge is -2.08. The van der Waals surface area contributed by atoms with Crippen LogP contribution in [-0.4, -0.2) is 20.2 Å². The third-order valence-corrected chi connectivity index (χ3v) is 4.67. The predicted molar refractivity (Wildman–Crippen MR) is 143 cm³/mol. The van der Waals surface area contributed by atoms with Gasteiger partial charge in [-0.05, 0) is 44.9 Å². The van der Waals surface area contributed by atoms with Crippen molar-refractivity contribution in [1.82, 2.24) is 0 Å². The second kappa shape index (κ2) is 20.3. The van der Waals surface area contributed by atoms with E-state index in [9.17, 15) is 4.79 Å². The molecule has 4 heteroatoms. The maximum atomic E-state index is 12.0. The molecule has 0 N–H and O–H groups in total. The smallest absolute Gasteiger partial charge is 0.311 e. The van der Waals surface area contributed by atoms with Crippen LogP contribution in [0.3, 0.4) is 0 Å². The summed E-state index contributed by atoms with van der Waals surface area (Å²) < 4.78 is 15.7. The van der Waals surface area contributed by atoms with Crippen molar-refractivity contribution in [1.29, 1.82) is 0 Å². The van der Waals surface area contributed by atoms with Crippen molar-refractivity contribution in [2.75, 3.05) is 14.2 Å². The molecule has 1 aromatic rings. The van der Waals surface area contributed by atoms with Crippen molar-refractivity contribution in [2.45, 2.75) is 58.3 Å².